The summed E-state index contributed by atoms with van der Waals surface area (Å²) < 4.78 is 9.26. The zero-order valence-corrected chi connectivity index (χ0v) is 16.6. The highest BCUT2D eigenvalue weighted by Gasteiger charge is 2.18. The van der Waals surface area contributed by atoms with Crippen LogP contribution >= 0.6 is 0 Å². The lowest BCUT2D eigenvalue weighted by Gasteiger charge is -2.07. The Morgan fingerprint density at radius 1 is 0.931 bits per heavy atom. The molecule has 0 atom stereocenters. The molecule has 0 bridgehead atoms. The van der Waals surface area contributed by atoms with Gasteiger partial charge < -0.3 is 9.30 Å². The summed E-state index contributed by atoms with van der Waals surface area (Å²) in [4.78, 5) is 9.57. The lowest BCUT2D eigenvalue weighted by molar-refractivity contribution is 0.415. The van der Waals surface area contributed by atoms with E-state index in [9.17, 15) is 0 Å². The van der Waals surface area contributed by atoms with Gasteiger partial charge in [-0.25, -0.2) is 14.5 Å². The van der Waals surface area contributed by atoms with Gasteiger partial charge in [-0.1, -0.05) is 30.3 Å². The van der Waals surface area contributed by atoms with Gasteiger partial charge in [0.15, 0.2) is 11.5 Å². The summed E-state index contributed by atoms with van der Waals surface area (Å²) in [6.45, 7) is 5.04. The second kappa shape index (κ2) is 6.74. The van der Waals surface area contributed by atoms with Gasteiger partial charge in [-0.2, -0.15) is 0 Å². The quantitative estimate of drug-likeness (QED) is 0.461. The summed E-state index contributed by atoms with van der Waals surface area (Å²) in [5, 5.41) is 5.69. The lowest BCUT2D eigenvalue weighted by Crippen LogP contribution is -2.03. The van der Waals surface area contributed by atoms with E-state index in [0.29, 0.717) is 5.82 Å². The number of ether oxygens (including phenoxy) is 1. The molecule has 0 saturated carbocycles. The predicted molar refractivity (Wildman–Crippen MR) is 113 cm³/mol. The van der Waals surface area contributed by atoms with Gasteiger partial charge in [0, 0.05) is 17.8 Å². The summed E-state index contributed by atoms with van der Waals surface area (Å²) in [6, 6.07) is 18.2. The van der Waals surface area contributed by atoms with Crippen molar-refractivity contribution in [2.75, 3.05) is 7.11 Å². The van der Waals surface area contributed by atoms with Gasteiger partial charge in [0.05, 0.1) is 12.5 Å². The fourth-order valence-corrected chi connectivity index (χ4v) is 3.75. The monoisotopic (exact) mass is 383 g/mol. The van der Waals surface area contributed by atoms with Crippen LogP contribution in [0.15, 0.2) is 60.9 Å². The molecule has 0 fully saturated rings. The van der Waals surface area contributed by atoms with Gasteiger partial charge in [-0.05, 0) is 49.2 Å². The van der Waals surface area contributed by atoms with Crippen LogP contribution in [0, 0.1) is 13.8 Å². The summed E-state index contributed by atoms with van der Waals surface area (Å²) in [5.41, 5.74) is 6.33. The largest absolute Gasteiger partial charge is 0.497 e. The summed E-state index contributed by atoms with van der Waals surface area (Å²) in [7, 11) is 1.66. The first-order chi connectivity index (χ1) is 14.2. The summed E-state index contributed by atoms with van der Waals surface area (Å²) in [5.74, 6) is 1.49. The second-order valence-corrected chi connectivity index (χ2v) is 7.16. The van der Waals surface area contributed by atoms with Crippen LogP contribution in [0.3, 0.4) is 0 Å². The van der Waals surface area contributed by atoms with Gasteiger partial charge in [-0.15, -0.1) is 5.10 Å². The molecule has 5 rings (SSSR count). The van der Waals surface area contributed by atoms with E-state index in [1.165, 1.54) is 16.8 Å². The molecule has 0 aliphatic rings. The molecular weight excluding hydrogens is 362 g/mol. The molecule has 0 radical (unpaired) electrons. The fraction of sp³-hybridized carbons (Fsp3) is 0.174. The third kappa shape index (κ3) is 2.84. The van der Waals surface area contributed by atoms with Crippen LogP contribution in [-0.4, -0.2) is 31.3 Å². The normalized spacial score (nSPS) is 11.4. The van der Waals surface area contributed by atoms with E-state index in [-0.39, 0.29) is 0 Å². The Bertz CT molecular complexity index is 1320. The number of fused-ring (bicyclic) bond motifs is 3. The maximum Gasteiger partial charge on any atom is 0.182 e. The number of rotatable bonds is 4. The van der Waals surface area contributed by atoms with Crippen LogP contribution in [0.25, 0.3) is 28.1 Å². The van der Waals surface area contributed by atoms with Crippen molar-refractivity contribution in [2.24, 2.45) is 0 Å². The number of benzene rings is 2. The van der Waals surface area contributed by atoms with Crippen molar-refractivity contribution in [3.8, 4) is 17.1 Å². The standard InChI is InChI=1S/C23H21N5O/c1-15-16(2)27(13-17-7-5-4-6-8-17)22-20(15)23-25-21(26-28(23)14-24-22)18-9-11-19(29-3)12-10-18/h4-12,14H,13H2,1-3H3. The smallest absolute Gasteiger partial charge is 0.182 e. The Balaban J connectivity index is 1.66. The average Bonchev–Trinajstić information content (AvgIpc) is 3.30. The molecule has 0 aliphatic carbocycles. The van der Waals surface area contributed by atoms with Crippen LogP contribution in [0.1, 0.15) is 16.8 Å². The zero-order chi connectivity index (χ0) is 20.0. The third-order valence-electron chi connectivity index (χ3n) is 5.48. The van der Waals surface area contributed by atoms with Gasteiger partial charge in [0.25, 0.3) is 0 Å². The van der Waals surface area contributed by atoms with Crippen LogP contribution in [0.4, 0.5) is 0 Å². The minimum absolute atomic E-state index is 0.676. The Hall–Kier alpha value is -3.67. The molecule has 5 aromatic rings. The minimum atomic E-state index is 0.676. The summed E-state index contributed by atoms with van der Waals surface area (Å²) >= 11 is 0. The maximum atomic E-state index is 5.24. The number of aryl methyl sites for hydroxylation is 1. The third-order valence-corrected chi connectivity index (χ3v) is 5.48. The highest BCUT2D eigenvalue weighted by molar-refractivity contribution is 5.94. The van der Waals surface area contributed by atoms with E-state index in [1.54, 1.807) is 18.0 Å². The molecule has 29 heavy (non-hydrogen) atoms. The molecule has 144 valence electrons. The molecule has 6 nitrogen and oxygen atoms in total. The molecule has 0 saturated heterocycles. The van der Waals surface area contributed by atoms with Crippen molar-refractivity contribution >= 4 is 16.7 Å². The van der Waals surface area contributed by atoms with Crippen molar-refractivity contribution < 1.29 is 4.74 Å². The van der Waals surface area contributed by atoms with Crippen molar-refractivity contribution in [1.82, 2.24) is 24.1 Å². The Kier molecular flexibility index (Phi) is 4.05. The minimum Gasteiger partial charge on any atom is -0.497 e. The number of hydrogen-bond acceptors (Lipinski definition) is 4. The highest BCUT2D eigenvalue weighted by Crippen LogP contribution is 2.29. The SMILES string of the molecule is COc1ccc(-c2nc3c4c(C)c(C)n(Cc5ccccc5)c4ncn3n2)cc1. The van der Waals surface area contributed by atoms with E-state index >= 15 is 0 Å². The Morgan fingerprint density at radius 2 is 1.69 bits per heavy atom. The number of nitrogens with zero attached hydrogens (tertiary/aromatic N) is 5. The van der Waals surface area contributed by atoms with E-state index in [1.807, 2.05) is 30.3 Å². The van der Waals surface area contributed by atoms with E-state index in [0.717, 1.165) is 34.5 Å². The van der Waals surface area contributed by atoms with Crippen LogP contribution in [0.2, 0.25) is 0 Å². The van der Waals surface area contributed by atoms with Gasteiger partial charge in [-0.3, -0.25) is 0 Å². The summed E-state index contributed by atoms with van der Waals surface area (Å²) in [6.07, 6.45) is 1.75. The predicted octanol–water partition coefficient (Wildman–Crippen LogP) is 4.42. The second-order valence-electron chi connectivity index (χ2n) is 7.16. The maximum absolute atomic E-state index is 5.24. The van der Waals surface area contributed by atoms with E-state index in [4.69, 9.17) is 14.7 Å². The first-order valence-electron chi connectivity index (χ1n) is 9.55. The van der Waals surface area contributed by atoms with Crippen LogP contribution in [-0.2, 0) is 6.54 Å². The molecular formula is C23H21N5O. The number of aromatic nitrogens is 5. The Morgan fingerprint density at radius 3 is 2.41 bits per heavy atom. The zero-order valence-electron chi connectivity index (χ0n) is 16.6. The Labute approximate surface area is 168 Å². The first kappa shape index (κ1) is 17.4. The number of methoxy groups -OCH3 is 1. The molecule has 6 heteroatoms. The van der Waals surface area contributed by atoms with E-state index < -0.39 is 0 Å². The number of hydrogen-bond donors (Lipinski definition) is 0. The average molecular weight is 383 g/mol. The molecule has 0 spiro atoms. The topological polar surface area (TPSA) is 57.2 Å². The van der Waals surface area contributed by atoms with Crippen molar-refractivity contribution in [1.29, 1.82) is 0 Å². The van der Waals surface area contributed by atoms with E-state index in [2.05, 4.69) is 47.8 Å². The molecule has 3 heterocycles. The van der Waals surface area contributed by atoms with Gasteiger partial charge in [0.1, 0.15) is 17.7 Å². The van der Waals surface area contributed by atoms with Crippen LogP contribution < -0.4 is 4.74 Å². The molecule has 3 aromatic heterocycles. The molecule has 0 aliphatic heterocycles. The van der Waals surface area contributed by atoms with Gasteiger partial charge >= 0.3 is 0 Å². The van der Waals surface area contributed by atoms with Crippen molar-refractivity contribution in [2.45, 2.75) is 20.4 Å². The van der Waals surface area contributed by atoms with Gasteiger partial charge in [0.2, 0.25) is 0 Å². The molecule has 0 unspecified atom stereocenters. The molecule has 2 aromatic carbocycles. The molecule has 0 amide bonds. The van der Waals surface area contributed by atoms with Crippen LogP contribution in [0.5, 0.6) is 5.75 Å². The van der Waals surface area contributed by atoms with Crippen molar-refractivity contribution in [3.63, 3.8) is 0 Å². The van der Waals surface area contributed by atoms with Crippen molar-refractivity contribution in [3.05, 3.63) is 77.7 Å². The first-order valence-corrected chi connectivity index (χ1v) is 9.55. The lowest BCUT2D eigenvalue weighted by atomic mass is 10.2. The highest BCUT2D eigenvalue weighted by atomic mass is 16.5. The fourth-order valence-electron chi connectivity index (χ4n) is 3.75. The molecule has 0 N–H and O–H groups in total.